The third-order valence-electron chi connectivity index (χ3n) is 2.26. The SMILES string of the molecule is COc1ccc(Cl)c(-c2cc(C(=O)O)[nH]n2)c1. The van der Waals surface area contributed by atoms with Gasteiger partial charge >= 0.3 is 5.97 Å². The van der Waals surface area contributed by atoms with Gasteiger partial charge in [0.15, 0.2) is 0 Å². The largest absolute Gasteiger partial charge is 0.497 e. The molecule has 17 heavy (non-hydrogen) atoms. The number of nitrogens with one attached hydrogen (secondary N) is 1. The fourth-order valence-electron chi connectivity index (χ4n) is 1.40. The number of hydrogen-bond donors (Lipinski definition) is 2. The predicted octanol–water partition coefficient (Wildman–Crippen LogP) is 2.44. The molecule has 0 fully saturated rings. The average molecular weight is 253 g/mol. The van der Waals surface area contributed by atoms with Crippen LogP contribution in [0.15, 0.2) is 24.3 Å². The van der Waals surface area contributed by atoms with E-state index in [1.54, 1.807) is 25.3 Å². The zero-order valence-corrected chi connectivity index (χ0v) is 9.65. The Kier molecular flexibility index (Phi) is 3.01. The number of rotatable bonds is 3. The number of carbonyl (C=O) groups is 1. The van der Waals surface area contributed by atoms with Crippen LogP contribution >= 0.6 is 11.6 Å². The van der Waals surface area contributed by atoms with Gasteiger partial charge in [0.1, 0.15) is 11.4 Å². The van der Waals surface area contributed by atoms with Gasteiger partial charge in [-0.2, -0.15) is 5.10 Å². The van der Waals surface area contributed by atoms with Crippen LogP contribution in [-0.4, -0.2) is 28.4 Å². The Labute approximate surface area is 102 Å². The van der Waals surface area contributed by atoms with Crippen LogP contribution in [0.3, 0.4) is 0 Å². The first kappa shape index (κ1) is 11.5. The topological polar surface area (TPSA) is 75.2 Å². The Balaban J connectivity index is 2.47. The van der Waals surface area contributed by atoms with Crippen molar-refractivity contribution in [2.24, 2.45) is 0 Å². The second-order valence-corrected chi connectivity index (χ2v) is 3.72. The van der Waals surface area contributed by atoms with E-state index in [0.29, 0.717) is 22.0 Å². The van der Waals surface area contributed by atoms with Gasteiger partial charge in [-0.15, -0.1) is 0 Å². The van der Waals surface area contributed by atoms with Crippen LogP contribution in [0.4, 0.5) is 0 Å². The zero-order chi connectivity index (χ0) is 12.4. The van der Waals surface area contributed by atoms with Gasteiger partial charge in [-0.3, -0.25) is 5.10 Å². The van der Waals surface area contributed by atoms with Crippen molar-refractivity contribution < 1.29 is 14.6 Å². The molecule has 0 unspecified atom stereocenters. The molecule has 0 atom stereocenters. The van der Waals surface area contributed by atoms with Gasteiger partial charge in [-0.05, 0) is 24.3 Å². The number of ether oxygens (including phenoxy) is 1. The first-order valence-corrected chi connectivity index (χ1v) is 5.12. The summed E-state index contributed by atoms with van der Waals surface area (Å²) in [7, 11) is 1.54. The summed E-state index contributed by atoms with van der Waals surface area (Å²) in [6, 6.07) is 6.51. The van der Waals surface area contributed by atoms with Gasteiger partial charge in [0, 0.05) is 5.56 Å². The lowest BCUT2D eigenvalue weighted by atomic mass is 10.1. The lowest BCUT2D eigenvalue weighted by molar-refractivity contribution is 0.0690. The van der Waals surface area contributed by atoms with E-state index in [4.69, 9.17) is 21.4 Å². The molecule has 0 saturated heterocycles. The molecule has 0 aliphatic rings. The predicted molar refractivity (Wildman–Crippen MR) is 62.5 cm³/mol. The summed E-state index contributed by atoms with van der Waals surface area (Å²) in [5.41, 5.74) is 1.10. The van der Waals surface area contributed by atoms with E-state index < -0.39 is 5.97 Å². The third kappa shape index (κ3) is 2.24. The summed E-state index contributed by atoms with van der Waals surface area (Å²) in [6.07, 6.45) is 0. The summed E-state index contributed by atoms with van der Waals surface area (Å²) in [5, 5.41) is 15.6. The molecule has 1 heterocycles. The van der Waals surface area contributed by atoms with Crippen molar-refractivity contribution in [2.45, 2.75) is 0 Å². The summed E-state index contributed by atoms with van der Waals surface area (Å²) in [5.74, 6) is -0.438. The van der Waals surface area contributed by atoms with Crippen LogP contribution in [-0.2, 0) is 0 Å². The van der Waals surface area contributed by atoms with E-state index in [1.165, 1.54) is 6.07 Å². The van der Waals surface area contributed by atoms with Gasteiger partial charge in [0.2, 0.25) is 0 Å². The fourth-order valence-corrected chi connectivity index (χ4v) is 1.61. The lowest BCUT2D eigenvalue weighted by Crippen LogP contribution is -1.95. The van der Waals surface area contributed by atoms with Gasteiger partial charge in [0.05, 0.1) is 17.8 Å². The van der Waals surface area contributed by atoms with Crippen molar-refractivity contribution in [1.82, 2.24) is 10.2 Å². The summed E-state index contributed by atoms with van der Waals surface area (Å²) >= 11 is 6.02. The maximum Gasteiger partial charge on any atom is 0.353 e. The summed E-state index contributed by atoms with van der Waals surface area (Å²) < 4.78 is 5.07. The number of H-pyrrole nitrogens is 1. The molecule has 2 aromatic rings. The number of halogens is 1. The minimum Gasteiger partial charge on any atom is -0.497 e. The van der Waals surface area contributed by atoms with Gasteiger partial charge < -0.3 is 9.84 Å². The van der Waals surface area contributed by atoms with Crippen LogP contribution in [0.25, 0.3) is 11.3 Å². The van der Waals surface area contributed by atoms with Crippen LogP contribution in [0, 0.1) is 0 Å². The third-order valence-corrected chi connectivity index (χ3v) is 2.59. The van der Waals surface area contributed by atoms with Crippen LogP contribution in [0.1, 0.15) is 10.5 Å². The number of carboxylic acids is 1. The molecule has 5 nitrogen and oxygen atoms in total. The summed E-state index contributed by atoms with van der Waals surface area (Å²) in [4.78, 5) is 10.7. The number of hydrogen-bond acceptors (Lipinski definition) is 3. The average Bonchev–Trinajstić information content (AvgIpc) is 2.79. The highest BCUT2D eigenvalue weighted by molar-refractivity contribution is 6.33. The Morgan fingerprint density at radius 2 is 2.24 bits per heavy atom. The Morgan fingerprint density at radius 1 is 1.47 bits per heavy atom. The molecule has 0 amide bonds. The standard InChI is InChI=1S/C11H9ClN2O3/c1-17-6-2-3-8(12)7(4-6)9-5-10(11(15)16)14-13-9/h2-5H,1H3,(H,13,14)(H,15,16). The number of benzene rings is 1. The first-order chi connectivity index (χ1) is 8.11. The smallest absolute Gasteiger partial charge is 0.353 e. The molecule has 0 aliphatic carbocycles. The molecule has 0 spiro atoms. The van der Waals surface area contributed by atoms with Crippen molar-refractivity contribution in [1.29, 1.82) is 0 Å². The fraction of sp³-hybridized carbons (Fsp3) is 0.0909. The molecule has 2 N–H and O–H groups in total. The van der Waals surface area contributed by atoms with Crippen molar-refractivity contribution in [3.63, 3.8) is 0 Å². The molecule has 6 heteroatoms. The molecule has 0 aliphatic heterocycles. The second kappa shape index (κ2) is 4.47. The molecule has 2 rings (SSSR count). The van der Waals surface area contributed by atoms with Gasteiger partial charge in [0.25, 0.3) is 0 Å². The Hall–Kier alpha value is -2.01. The van der Waals surface area contributed by atoms with Crippen LogP contribution < -0.4 is 4.74 Å². The maximum atomic E-state index is 10.7. The van der Waals surface area contributed by atoms with E-state index in [-0.39, 0.29) is 5.69 Å². The second-order valence-electron chi connectivity index (χ2n) is 3.32. The highest BCUT2D eigenvalue weighted by Gasteiger charge is 2.12. The van der Waals surface area contributed by atoms with Gasteiger partial charge in [-0.25, -0.2) is 4.79 Å². The van der Waals surface area contributed by atoms with Crippen molar-refractivity contribution in [2.75, 3.05) is 7.11 Å². The lowest BCUT2D eigenvalue weighted by Gasteiger charge is -2.03. The van der Waals surface area contributed by atoms with E-state index in [2.05, 4.69) is 10.2 Å². The van der Waals surface area contributed by atoms with Crippen LogP contribution in [0.2, 0.25) is 5.02 Å². The Bertz CT molecular complexity index is 566. The van der Waals surface area contributed by atoms with E-state index in [0.717, 1.165) is 0 Å². The van der Waals surface area contributed by atoms with E-state index in [1.807, 2.05) is 0 Å². The molecule has 1 aromatic heterocycles. The van der Waals surface area contributed by atoms with Gasteiger partial charge in [-0.1, -0.05) is 11.6 Å². The van der Waals surface area contributed by atoms with E-state index in [9.17, 15) is 4.79 Å². The number of methoxy groups -OCH3 is 1. The molecule has 0 saturated carbocycles. The highest BCUT2D eigenvalue weighted by Crippen LogP contribution is 2.30. The zero-order valence-electron chi connectivity index (χ0n) is 8.90. The van der Waals surface area contributed by atoms with Crippen molar-refractivity contribution in [3.8, 4) is 17.0 Å². The molecule has 0 bridgehead atoms. The number of aromatic carboxylic acids is 1. The molecular weight excluding hydrogens is 244 g/mol. The van der Waals surface area contributed by atoms with Crippen molar-refractivity contribution in [3.05, 3.63) is 35.0 Å². The quantitative estimate of drug-likeness (QED) is 0.880. The monoisotopic (exact) mass is 252 g/mol. The molecule has 0 radical (unpaired) electrons. The minimum atomic E-state index is -1.07. The maximum absolute atomic E-state index is 10.7. The first-order valence-electron chi connectivity index (χ1n) is 4.74. The summed E-state index contributed by atoms with van der Waals surface area (Å²) in [6.45, 7) is 0. The van der Waals surface area contributed by atoms with Crippen molar-refractivity contribution >= 4 is 17.6 Å². The minimum absolute atomic E-state index is 0.0129. The molecular formula is C11H9ClN2O3. The highest BCUT2D eigenvalue weighted by atomic mass is 35.5. The molecule has 1 aromatic carbocycles. The number of nitrogens with zero attached hydrogens (tertiary/aromatic N) is 1. The number of aromatic amines is 1. The normalized spacial score (nSPS) is 10.2. The van der Waals surface area contributed by atoms with Crippen LogP contribution in [0.5, 0.6) is 5.75 Å². The number of aromatic nitrogens is 2. The Morgan fingerprint density at radius 3 is 2.82 bits per heavy atom. The molecule has 88 valence electrons. The van der Waals surface area contributed by atoms with E-state index >= 15 is 0 Å². The number of carboxylic acid groups (broad SMARTS) is 1.